The first-order chi connectivity index (χ1) is 18.8. The number of fused-ring (bicyclic) bond motifs is 5. The maximum absolute atomic E-state index is 10.4. The molecule has 2 aromatic carbocycles. The van der Waals surface area contributed by atoms with Crippen molar-refractivity contribution in [2.75, 3.05) is 5.01 Å². The second kappa shape index (κ2) is 9.74. The van der Waals surface area contributed by atoms with Crippen LogP contribution in [-0.4, -0.2) is 16.9 Å². The molecule has 1 aliphatic heterocycles. The highest BCUT2D eigenvalue weighted by Crippen LogP contribution is 2.67. The Hall–Kier alpha value is -1.62. The standard InChI is InChI=1S/C34H40BrClN2O/c1-33-17-15-22(39)19-21(33)11-12-23-25-13-14-27(34(25,2)18-16-26(23)33)30-20-32(24-7-3-5-9-29(24)36)38(37-30)31-10-6-4-8-28(31)35/h3-11,22-23,25-27,32,39H,12-20H2,1-2H3/t22-,23-,25-,26-,27+,32?,33-,34-/m0/s1. The number of halogens is 2. The fourth-order valence-corrected chi connectivity index (χ4v) is 10.5. The summed E-state index contributed by atoms with van der Waals surface area (Å²) in [6.45, 7) is 5.13. The molecule has 1 heterocycles. The minimum Gasteiger partial charge on any atom is -0.393 e. The van der Waals surface area contributed by atoms with Crippen LogP contribution in [-0.2, 0) is 0 Å². The van der Waals surface area contributed by atoms with Crippen molar-refractivity contribution in [3.8, 4) is 0 Å². The number of benzene rings is 2. The molecule has 206 valence electrons. The number of aliphatic hydroxyl groups is 1. The number of hydrogen-bond acceptors (Lipinski definition) is 3. The van der Waals surface area contributed by atoms with Gasteiger partial charge in [-0.1, -0.05) is 67.4 Å². The molecule has 3 fully saturated rings. The van der Waals surface area contributed by atoms with Gasteiger partial charge < -0.3 is 5.11 Å². The number of para-hydroxylation sites is 1. The van der Waals surface area contributed by atoms with E-state index in [0.717, 1.165) is 64.2 Å². The van der Waals surface area contributed by atoms with Crippen molar-refractivity contribution < 1.29 is 5.11 Å². The Morgan fingerprint density at radius 3 is 2.56 bits per heavy atom. The van der Waals surface area contributed by atoms with E-state index >= 15 is 0 Å². The predicted octanol–water partition coefficient (Wildman–Crippen LogP) is 9.35. The van der Waals surface area contributed by atoms with Gasteiger partial charge >= 0.3 is 0 Å². The lowest BCUT2D eigenvalue weighted by atomic mass is 9.47. The lowest BCUT2D eigenvalue weighted by Gasteiger charge is -2.58. The summed E-state index contributed by atoms with van der Waals surface area (Å²) < 4.78 is 1.07. The quantitative estimate of drug-likeness (QED) is 0.353. The number of allylic oxidation sites excluding steroid dienone is 1. The van der Waals surface area contributed by atoms with Gasteiger partial charge in [-0.3, -0.25) is 5.01 Å². The monoisotopic (exact) mass is 606 g/mol. The van der Waals surface area contributed by atoms with E-state index in [2.05, 4.69) is 77.3 Å². The van der Waals surface area contributed by atoms with Gasteiger partial charge in [-0.15, -0.1) is 0 Å². The van der Waals surface area contributed by atoms with Crippen LogP contribution in [0.5, 0.6) is 0 Å². The lowest BCUT2D eigenvalue weighted by molar-refractivity contribution is -0.0424. The molecule has 2 aromatic rings. The second-order valence-electron chi connectivity index (χ2n) is 13.5. The molecule has 39 heavy (non-hydrogen) atoms. The van der Waals surface area contributed by atoms with Gasteiger partial charge in [-0.25, -0.2) is 0 Å². The molecule has 5 aliphatic rings. The van der Waals surface area contributed by atoms with E-state index in [1.54, 1.807) is 5.57 Å². The van der Waals surface area contributed by atoms with Crippen LogP contribution in [0.3, 0.4) is 0 Å². The van der Waals surface area contributed by atoms with Crippen LogP contribution < -0.4 is 5.01 Å². The summed E-state index contributed by atoms with van der Waals surface area (Å²) in [5.41, 5.74) is 5.79. The molecule has 4 aliphatic carbocycles. The van der Waals surface area contributed by atoms with Gasteiger partial charge in [0.1, 0.15) is 0 Å². The minimum atomic E-state index is -0.135. The zero-order valence-corrected chi connectivity index (χ0v) is 25.5. The Balaban J connectivity index is 1.21. The van der Waals surface area contributed by atoms with Gasteiger partial charge in [0.05, 0.1) is 17.8 Å². The molecule has 0 bridgehead atoms. The van der Waals surface area contributed by atoms with Crippen molar-refractivity contribution >= 4 is 38.9 Å². The van der Waals surface area contributed by atoms with Crippen LogP contribution in [0.1, 0.15) is 83.2 Å². The molecule has 1 N–H and O–H groups in total. The van der Waals surface area contributed by atoms with Crippen LogP contribution in [0.15, 0.2) is 69.8 Å². The number of anilines is 1. The molecule has 5 heteroatoms. The molecule has 8 atom stereocenters. The van der Waals surface area contributed by atoms with Crippen molar-refractivity contribution in [3.63, 3.8) is 0 Å². The summed E-state index contributed by atoms with van der Waals surface area (Å²) in [5.74, 6) is 2.80. The zero-order chi connectivity index (χ0) is 26.9. The summed E-state index contributed by atoms with van der Waals surface area (Å²) in [7, 11) is 0. The minimum absolute atomic E-state index is 0.110. The van der Waals surface area contributed by atoms with Gasteiger partial charge in [-0.05, 0) is 120 Å². The van der Waals surface area contributed by atoms with Gasteiger partial charge in [-0.2, -0.15) is 5.10 Å². The molecular weight excluding hydrogens is 568 g/mol. The SMILES string of the molecule is C[C@]12CC[C@H]3[C@@H](CC=C4C[C@@H](O)CC[C@@]43C)[C@@H]1CC[C@@H]2C1=NN(c2ccccc2Br)C(c2ccccc2Cl)C1. The molecule has 0 radical (unpaired) electrons. The van der Waals surface area contributed by atoms with Gasteiger partial charge in [0.15, 0.2) is 0 Å². The summed E-state index contributed by atoms with van der Waals surface area (Å²) in [5, 5.41) is 18.9. The van der Waals surface area contributed by atoms with E-state index in [1.165, 1.54) is 37.8 Å². The molecular formula is C34H40BrClN2O. The predicted molar refractivity (Wildman–Crippen MR) is 164 cm³/mol. The molecule has 7 rings (SSSR count). The Kier molecular flexibility index (Phi) is 6.57. The van der Waals surface area contributed by atoms with Gasteiger partial charge in [0.2, 0.25) is 0 Å². The van der Waals surface area contributed by atoms with Crippen molar-refractivity contribution in [3.05, 3.63) is 75.2 Å². The van der Waals surface area contributed by atoms with E-state index in [1.807, 2.05) is 12.1 Å². The van der Waals surface area contributed by atoms with E-state index in [9.17, 15) is 5.11 Å². The number of aliphatic hydroxyl groups excluding tert-OH is 1. The summed E-state index contributed by atoms with van der Waals surface area (Å²) in [4.78, 5) is 0. The third kappa shape index (κ3) is 4.10. The van der Waals surface area contributed by atoms with Crippen molar-refractivity contribution in [2.45, 2.75) is 83.8 Å². The topological polar surface area (TPSA) is 35.8 Å². The lowest BCUT2D eigenvalue weighted by Crippen LogP contribution is -2.51. The maximum Gasteiger partial charge on any atom is 0.0843 e. The van der Waals surface area contributed by atoms with E-state index in [-0.39, 0.29) is 17.6 Å². The first-order valence-electron chi connectivity index (χ1n) is 15.0. The highest BCUT2D eigenvalue weighted by molar-refractivity contribution is 9.10. The molecule has 0 amide bonds. The average molecular weight is 608 g/mol. The van der Waals surface area contributed by atoms with Crippen molar-refractivity contribution in [1.82, 2.24) is 0 Å². The largest absolute Gasteiger partial charge is 0.393 e. The zero-order valence-electron chi connectivity index (χ0n) is 23.1. The maximum atomic E-state index is 10.4. The third-order valence-electron chi connectivity index (χ3n) is 11.8. The van der Waals surface area contributed by atoms with Crippen LogP contribution in [0.2, 0.25) is 5.02 Å². The molecule has 0 spiro atoms. The Bertz CT molecular complexity index is 1340. The second-order valence-corrected chi connectivity index (χ2v) is 14.7. The highest BCUT2D eigenvalue weighted by atomic mass is 79.9. The van der Waals surface area contributed by atoms with Crippen LogP contribution in [0.4, 0.5) is 5.69 Å². The average Bonchev–Trinajstić information content (AvgIpc) is 3.50. The van der Waals surface area contributed by atoms with Gasteiger partial charge in [0, 0.05) is 27.5 Å². The first-order valence-corrected chi connectivity index (χ1v) is 16.2. The molecule has 3 nitrogen and oxygen atoms in total. The van der Waals surface area contributed by atoms with Crippen molar-refractivity contribution in [2.24, 2.45) is 39.6 Å². The fourth-order valence-electron chi connectivity index (χ4n) is 9.78. The summed E-state index contributed by atoms with van der Waals surface area (Å²) in [6.07, 6.45) is 12.7. The van der Waals surface area contributed by atoms with E-state index < -0.39 is 0 Å². The van der Waals surface area contributed by atoms with Gasteiger partial charge in [0.25, 0.3) is 0 Å². The number of hydrogen-bond donors (Lipinski definition) is 1. The van der Waals surface area contributed by atoms with Crippen LogP contribution in [0, 0.1) is 34.5 Å². The fraction of sp³-hybridized carbons (Fsp3) is 0.559. The number of rotatable bonds is 3. The van der Waals surface area contributed by atoms with Crippen LogP contribution in [0.25, 0.3) is 0 Å². The normalized spacial score (nSPS) is 39.5. The van der Waals surface area contributed by atoms with Crippen LogP contribution >= 0.6 is 27.5 Å². The Morgan fingerprint density at radius 2 is 1.74 bits per heavy atom. The Morgan fingerprint density at radius 1 is 0.949 bits per heavy atom. The number of hydrazone groups is 1. The smallest absolute Gasteiger partial charge is 0.0843 e. The Labute approximate surface area is 246 Å². The van der Waals surface area contributed by atoms with E-state index in [0.29, 0.717) is 11.3 Å². The highest BCUT2D eigenvalue weighted by Gasteiger charge is 2.60. The molecule has 0 aromatic heterocycles. The summed E-state index contributed by atoms with van der Waals surface area (Å²) >= 11 is 10.6. The van der Waals surface area contributed by atoms with E-state index in [4.69, 9.17) is 16.7 Å². The third-order valence-corrected chi connectivity index (χ3v) is 12.8. The molecule has 1 unspecified atom stereocenters. The van der Waals surface area contributed by atoms with Crippen molar-refractivity contribution in [1.29, 1.82) is 0 Å². The summed E-state index contributed by atoms with van der Waals surface area (Å²) in [6, 6.07) is 16.8. The number of nitrogens with zero attached hydrogens (tertiary/aromatic N) is 2. The molecule has 3 saturated carbocycles. The molecule has 0 saturated heterocycles. The first kappa shape index (κ1) is 26.3.